The van der Waals surface area contributed by atoms with E-state index in [4.69, 9.17) is 9.84 Å². The van der Waals surface area contributed by atoms with Crippen LogP contribution in [0.5, 0.6) is 5.75 Å². The fourth-order valence-corrected chi connectivity index (χ4v) is 1.17. The molecule has 0 atom stereocenters. The van der Waals surface area contributed by atoms with Crippen molar-refractivity contribution < 1.29 is 19.4 Å². The number of para-hydroxylation sites is 1. The molecule has 1 N–H and O–H groups in total. The number of Topliss-reactive ketones (excluding diaryl/α,β-unsaturated/α-hetero) is 1. The maximum Gasteiger partial charge on any atom is 0.347 e. The van der Waals surface area contributed by atoms with Crippen LogP contribution < -0.4 is 4.74 Å². The van der Waals surface area contributed by atoms with Crippen LogP contribution in [-0.2, 0) is 4.79 Å². The van der Waals surface area contributed by atoms with Crippen molar-refractivity contribution in [3.63, 3.8) is 0 Å². The number of aliphatic carboxylic acids is 1. The monoisotopic (exact) mass is 222 g/mol. The van der Waals surface area contributed by atoms with Crippen LogP contribution in [0.2, 0.25) is 0 Å². The molecular formula is C12H14O4. The van der Waals surface area contributed by atoms with E-state index >= 15 is 0 Å². The number of carboxylic acids is 1. The van der Waals surface area contributed by atoms with Crippen LogP contribution in [0.4, 0.5) is 0 Å². The highest BCUT2D eigenvalue weighted by molar-refractivity contribution is 5.96. The lowest BCUT2D eigenvalue weighted by Crippen LogP contribution is -2.38. The van der Waals surface area contributed by atoms with E-state index in [0.29, 0.717) is 11.3 Å². The van der Waals surface area contributed by atoms with Gasteiger partial charge in [-0.25, -0.2) is 4.79 Å². The Morgan fingerprint density at radius 1 is 1.25 bits per heavy atom. The van der Waals surface area contributed by atoms with E-state index < -0.39 is 11.6 Å². The van der Waals surface area contributed by atoms with Crippen molar-refractivity contribution >= 4 is 11.8 Å². The summed E-state index contributed by atoms with van der Waals surface area (Å²) < 4.78 is 5.34. The molecular weight excluding hydrogens is 208 g/mol. The second kappa shape index (κ2) is 4.35. The van der Waals surface area contributed by atoms with Crippen molar-refractivity contribution in [3.05, 3.63) is 29.8 Å². The van der Waals surface area contributed by atoms with Gasteiger partial charge in [-0.2, -0.15) is 0 Å². The average molecular weight is 222 g/mol. The van der Waals surface area contributed by atoms with E-state index in [-0.39, 0.29) is 5.78 Å². The van der Waals surface area contributed by atoms with Gasteiger partial charge in [0.05, 0.1) is 5.56 Å². The van der Waals surface area contributed by atoms with E-state index in [1.54, 1.807) is 24.3 Å². The summed E-state index contributed by atoms with van der Waals surface area (Å²) in [4.78, 5) is 22.2. The number of hydrogen-bond acceptors (Lipinski definition) is 3. The van der Waals surface area contributed by atoms with Crippen LogP contribution in [0.3, 0.4) is 0 Å². The van der Waals surface area contributed by atoms with Crippen molar-refractivity contribution in [1.82, 2.24) is 0 Å². The van der Waals surface area contributed by atoms with Crippen LogP contribution in [0.1, 0.15) is 31.1 Å². The Morgan fingerprint density at radius 3 is 2.31 bits per heavy atom. The Labute approximate surface area is 93.9 Å². The zero-order valence-corrected chi connectivity index (χ0v) is 9.48. The average Bonchev–Trinajstić information content (AvgIpc) is 2.17. The minimum Gasteiger partial charge on any atom is -0.478 e. The van der Waals surface area contributed by atoms with Gasteiger partial charge < -0.3 is 9.84 Å². The molecule has 0 aromatic heterocycles. The van der Waals surface area contributed by atoms with Crippen LogP contribution in [-0.4, -0.2) is 22.5 Å². The summed E-state index contributed by atoms with van der Waals surface area (Å²) in [5.74, 6) is -0.940. The number of rotatable bonds is 4. The Bertz CT molecular complexity index is 421. The smallest absolute Gasteiger partial charge is 0.347 e. The number of carbonyl (C=O) groups excluding carboxylic acids is 1. The first-order valence-corrected chi connectivity index (χ1v) is 4.87. The number of ether oxygens (including phenoxy) is 1. The molecule has 1 rings (SSSR count). The molecule has 1 aromatic carbocycles. The topological polar surface area (TPSA) is 63.6 Å². The Kier molecular flexibility index (Phi) is 3.32. The van der Waals surface area contributed by atoms with Crippen LogP contribution in [0.25, 0.3) is 0 Å². The summed E-state index contributed by atoms with van der Waals surface area (Å²) in [6.07, 6.45) is 0. The maximum absolute atomic E-state index is 11.3. The zero-order chi connectivity index (χ0) is 12.3. The summed E-state index contributed by atoms with van der Waals surface area (Å²) in [7, 11) is 0. The molecule has 0 fully saturated rings. The first kappa shape index (κ1) is 12.2. The van der Waals surface area contributed by atoms with Gasteiger partial charge in [-0.15, -0.1) is 0 Å². The maximum atomic E-state index is 11.3. The first-order chi connectivity index (χ1) is 7.34. The third-order valence-corrected chi connectivity index (χ3v) is 2.15. The van der Waals surface area contributed by atoms with Gasteiger partial charge in [-0.05, 0) is 32.9 Å². The van der Waals surface area contributed by atoms with E-state index in [1.807, 2.05) is 0 Å². The second-order valence-electron chi connectivity index (χ2n) is 3.97. The van der Waals surface area contributed by atoms with Crippen molar-refractivity contribution in [1.29, 1.82) is 0 Å². The minimum absolute atomic E-state index is 0.156. The summed E-state index contributed by atoms with van der Waals surface area (Å²) in [6, 6.07) is 6.59. The highest BCUT2D eigenvalue weighted by Gasteiger charge is 2.30. The molecule has 0 bridgehead atoms. The molecule has 0 spiro atoms. The zero-order valence-electron chi connectivity index (χ0n) is 9.48. The first-order valence-electron chi connectivity index (χ1n) is 4.87. The third-order valence-electron chi connectivity index (χ3n) is 2.15. The van der Waals surface area contributed by atoms with Crippen molar-refractivity contribution in [2.24, 2.45) is 0 Å². The summed E-state index contributed by atoms with van der Waals surface area (Å²) in [5, 5.41) is 8.92. The van der Waals surface area contributed by atoms with Gasteiger partial charge in [-0.3, -0.25) is 4.79 Å². The largest absolute Gasteiger partial charge is 0.478 e. The molecule has 1 aromatic rings. The molecule has 0 radical (unpaired) electrons. The SMILES string of the molecule is CC(=O)c1ccccc1OC(C)(C)C(=O)O. The van der Waals surface area contributed by atoms with Gasteiger partial charge in [0.1, 0.15) is 5.75 Å². The predicted molar refractivity (Wildman–Crippen MR) is 58.8 cm³/mol. The molecule has 0 saturated carbocycles. The molecule has 86 valence electrons. The van der Waals surface area contributed by atoms with Crippen LogP contribution in [0, 0.1) is 0 Å². The summed E-state index contributed by atoms with van der Waals surface area (Å²) in [6.45, 7) is 4.29. The quantitative estimate of drug-likeness (QED) is 0.792. The minimum atomic E-state index is -1.36. The van der Waals surface area contributed by atoms with Gasteiger partial charge >= 0.3 is 5.97 Å². The normalized spacial score (nSPS) is 10.9. The molecule has 4 heteroatoms. The molecule has 0 amide bonds. The van der Waals surface area contributed by atoms with Gasteiger partial charge in [0, 0.05) is 0 Å². The lowest BCUT2D eigenvalue weighted by atomic mass is 10.1. The van der Waals surface area contributed by atoms with E-state index in [0.717, 1.165) is 0 Å². The number of carbonyl (C=O) groups is 2. The van der Waals surface area contributed by atoms with Crippen molar-refractivity contribution in [2.45, 2.75) is 26.4 Å². The molecule has 0 heterocycles. The van der Waals surface area contributed by atoms with E-state index in [1.165, 1.54) is 20.8 Å². The second-order valence-corrected chi connectivity index (χ2v) is 3.97. The molecule has 0 saturated heterocycles. The third kappa shape index (κ3) is 2.59. The lowest BCUT2D eigenvalue weighted by Gasteiger charge is -2.22. The molecule has 0 aliphatic rings. The van der Waals surface area contributed by atoms with Gasteiger partial charge in [-0.1, -0.05) is 12.1 Å². The highest BCUT2D eigenvalue weighted by Crippen LogP contribution is 2.23. The van der Waals surface area contributed by atoms with E-state index in [2.05, 4.69) is 0 Å². The molecule has 0 aliphatic heterocycles. The number of carboxylic acid groups (broad SMARTS) is 1. The summed E-state index contributed by atoms with van der Waals surface area (Å²) in [5.41, 5.74) is -0.970. The fourth-order valence-electron chi connectivity index (χ4n) is 1.17. The molecule has 0 unspecified atom stereocenters. The van der Waals surface area contributed by atoms with Crippen LogP contribution in [0.15, 0.2) is 24.3 Å². The number of ketones is 1. The fraction of sp³-hybridized carbons (Fsp3) is 0.333. The Hall–Kier alpha value is -1.84. The Balaban J connectivity index is 3.06. The number of benzene rings is 1. The summed E-state index contributed by atoms with van der Waals surface area (Å²) >= 11 is 0. The van der Waals surface area contributed by atoms with E-state index in [9.17, 15) is 9.59 Å². The van der Waals surface area contributed by atoms with Gasteiger partial charge in [0.2, 0.25) is 0 Å². The van der Waals surface area contributed by atoms with Crippen LogP contribution >= 0.6 is 0 Å². The van der Waals surface area contributed by atoms with Gasteiger partial charge in [0.15, 0.2) is 11.4 Å². The molecule has 4 nitrogen and oxygen atoms in total. The Morgan fingerprint density at radius 2 is 1.81 bits per heavy atom. The highest BCUT2D eigenvalue weighted by atomic mass is 16.5. The van der Waals surface area contributed by atoms with Gasteiger partial charge in [0.25, 0.3) is 0 Å². The standard InChI is InChI=1S/C12H14O4/c1-8(13)9-6-4-5-7-10(9)16-12(2,3)11(14)15/h4-7H,1-3H3,(H,14,15). The van der Waals surface area contributed by atoms with Crippen molar-refractivity contribution in [3.8, 4) is 5.75 Å². The van der Waals surface area contributed by atoms with Crippen molar-refractivity contribution in [2.75, 3.05) is 0 Å². The lowest BCUT2D eigenvalue weighted by molar-refractivity contribution is -0.152. The molecule has 0 aliphatic carbocycles. The number of hydrogen-bond donors (Lipinski definition) is 1. The predicted octanol–water partition coefficient (Wildman–Crippen LogP) is 2.13. The molecule has 16 heavy (non-hydrogen) atoms.